The van der Waals surface area contributed by atoms with Crippen LogP contribution in [-0.4, -0.2) is 48.1 Å². The summed E-state index contributed by atoms with van der Waals surface area (Å²) in [6.45, 7) is 7.03. The van der Waals surface area contributed by atoms with Crippen LogP contribution >= 0.6 is 0 Å². The Labute approximate surface area is 125 Å². The number of rotatable bonds is 8. The van der Waals surface area contributed by atoms with E-state index in [4.69, 9.17) is 10.5 Å². The minimum Gasteiger partial charge on any atom is -0.462 e. The van der Waals surface area contributed by atoms with Crippen molar-refractivity contribution in [2.45, 2.75) is 32.7 Å². The molecule has 0 saturated heterocycles. The molecule has 1 aliphatic rings. The molecule has 1 aromatic heterocycles. The third-order valence-corrected chi connectivity index (χ3v) is 3.65. The highest BCUT2D eigenvalue weighted by Gasteiger charge is 2.27. The van der Waals surface area contributed by atoms with Gasteiger partial charge >= 0.3 is 5.97 Å². The van der Waals surface area contributed by atoms with Gasteiger partial charge in [0.25, 0.3) is 0 Å². The van der Waals surface area contributed by atoms with Crippen LogP contribution in [0.15, 0.2) is 12.3 Å². The van der Waals surface area contributed by atoms with Gasteiger partial charge in [0.15, 0.2) is 0 Å². The Balaban J connectivity index is 1.93. The fraction of sp³-hybridized carbons (Fsp3) is 0.600. The second-order valence-corrected chi connectivity index (χ2v) is 5.13. The van der Waals surface area contributed by atoms with Crippen LogP contribution in [0.4, 0.5) is 11.5 Å². The number of nitrogen functional groups attached to an aromatic ring is 1. The Hall–Kier alpha value is -1.82. The van der Waals surface area contributed by atoms with Gasteiger partial charge in [0.2, 0.25) is 0 Å². The van der Waals surface area contributed by atoms with E-state index in [-0.39, 0.29) is 0 Å². The second-order valence-electron chi connectivity index (χ2n) is 5.13. The number of nitrogens with two attached hydrogens (primary N) is 1. The molecule has 0 unspecified atom stereocenters. The molecule has 0 aliphatic heterocycles. The Morgan fingerprint density at radius 2 is 2.29 bits per heavy atom. The van der Waals surface area contributed by atoms with E-state index in [0.29, 0.717) is 23.7 Å². The Morgan fingerprint density at radius 1 is 1.52 bits per heavy atom. The largest absolute Gasteiger partial charge is 0.462 e. The smallest absolute Gasteiger partial charge is 0.340 e. The summed E-state index contributed by atoms with van der Waals surface area (Å²) in [5.41, 5.74) is 6.71. The van der Waals surface area contributed by atoms with E-state index in [1.165, 1.54) is 12.8 Å². The first kappa shape index (κ1) is 15.6. The average molecular weight is 292 g/mol. The van der Waals surface area contributed by atoms with Gasteiger partial charge in [0, 0.05) is 25.3 Å². The van der Waals surface area contributed by atoms with Gasteiger partial charge in [-0.3, -0.25) is 4.90 Å². The van der Waals surface area contributed by atoms with Crippen LogP contribution < -0.4 is 11.1 Å². The van der Waals surface area contributed by atoms with Gasteiger partial charge in [-0.2, -0.15) is 0 Å². The zero-order valence-electron chi connectivity index (χ0n) is 12.8. The standard InChI is InChI=1S/C15H24N4O2/c1-3-19(11-5-6-11)10-9-18-14-13(16)12(7-8-17-14)15(20)21-4-2/h7-8,11H,3-6,9-10,16H2,1-2H3,(H,17,18). The summed E-state index contributed by atoms with van der Waals surface area (Å²) in [5, 5.41) is 3.21. The Kier molecular flexibility index (Phi) is 5.38. The molecule has 1 saturated carbocycles. The predicted molar refractivity (Wildman–Crippen MR) is 83.4 cm³/mol. The molecular weight excluding hydrogens is 268 g/mol. The molecule has 3 N–H and O–H groups in total. The molecule has 1 aliphatic carbocycles. The first-order valence-corrected chi connectivity index (χ1v) is 7.56. The number of ether oxygens (including phenoxy) is 1. The molecule has 0 aromatic carbocycles. The van der Waals surface area contributed by atoms with Crippen molar-refractivity contribution >= 4 is 17.5 Å². The molecule has 6 nitrogen and oxygen atoms in total. The first-order valence-electron chi connectivity index (χ1n) is 7.56. The summed E-state index contributed by atoms with van der Waals surface area (Å²) in [5.74, 6) is 0.140. The monoisotopic (exact) mass is 292 g/mol. The molecule has 2 rings (SSSR count). The third-order valence-electron chi connectivity index (χ3n) is 3.65. The summed E-state index contributed by atoms with van der Waals surface area (Å²) in [6.07, 6.45) is 4.17. The number of nitrogens with zero attached hydrogens (tertiary/aromatic N) is 2. The van der Waals surface area contributed by atoms with Crippen molar-refractivity contribution in [2.24, 2.45) is 0 Å². The van der Waals surface area contributed by atoms with E-state index in [1.807, 2.05) is 0 Å². The maximum absolute atomic E-state index is 11.8. The van der Waals surface area contributed by atoms with Crippen LogP contribution in [0.5, 0.6) is 0 Å². The molecule has 116 valence electrons. The summed E-state index contributed by atoms with van der Waals surface area (Å²) < 4.78 is 4.98. The van der Waals surface area contributed by atoms with Crippen LogP contribution in [0.2, 0.25) is 0 Å². The zero-order chi connectivity index (χ0) is 15.2. The summed E-state index contributed by atoms with van der Waals surface area (Å²) >= 11 is 0. The van der Waals surface area contributed by atoms with E-state index in [1.54, 1.807) is 19.2 Å². The van der Waals surface area contributed by atoms with Gasteiger partial charge < -0.3 is 15.8 Å². The molecule has 0 atom stereocenters. The van der Waals surface area contributed by atoms with Gasteiger partial charge in [-0.15, -0.1) is 0 Å². The first-order chi connectivity index (χ1) is 10.2. The maximum atomic E-state index is 11.8. The molecule has 1 aromatic rings. The average Bonchev–Trinajstić information content (AvgIpc) is 3.30. The van der Waals surface area contributed by atoms with Gasteiger partial charge in [0.05, 0.1) is 17.9 Å². The quantitative estimate of drug-likeness (QED) is 0.710. The highest BCUT2D eigenvalue weighted by atomic mass is 16.5. The van der Waals surface area contributed by atoms with E-state index >= 15 is 0 Å². The molecule has 0 bridgehead atoms. The number of likely N-dealkylation sites (N-methyl/N-ethyl adjacent to an activating group) is 1. The number of aromatic nitrogens is 1. The normalized spacial score (nSPS) is 14.2. The van der Waals surface area contributed by atoms with E-state index in [9.17, 15) is 4.79 Å². The van der Waals surface area contributed by atoms with Crippen LogP contribution in [-0.2, 0) is 4.74 Å². The van der Waals surface area contributed by atoms with Crippen molar-refractivity contribution in [3.63, 3.8) is 0 Å². The number of pyridine rings is 1. The van der Waals surface area contributed by atoms with Gasteiger partial charge in [-0.25, -0.2) is 9.78 Å². The van der Waals surface area contributed by atoms with E-state index < -0.39 is 5.97 Å². The van der Waals surface area contributed by atoms with Crippen molar-refractivity contribution in [2.75, 3.05) is 37.3 Å². The lowest BCUT2D eigenvalue weighted by Crippen LogP contribution is -2.31. The van der Waals surface area contributed by atoms with Crippen LogP contribution in [0.3, 0.4) is 0 Å². The summed E-state index contributed by atoms with van der Waals surface area (Å²) in [6, 6.07) is 2.33. The fourth-order valence-corrected chi connectivity index (χ4v) is 2.36. The molecule has 0 radical (unpaired) electrons. The maximum Gasteiger partial charge on any atom is 0.340 e. The van der Waals surface area contributed by atoms with Crippen LogP contribution in [0.25, 0.3) is 0 Å². The van der Waals surface area contributed by atoms with Crippen molar-refractivity contribution in [1.29, 1.82) is 0 Å². The summed E-state index contributed by atoms with van der Waals surface area (Å²) in [4.78, 5) is 18.4. The predicted octanol–water partition coefficient (Wildman–Crippen LogP) is 1.74. The Bertz CT molecular complexity index is 489. The molecule has 0 spiro atoms. The van der Waals surface area contributed by atoms with E-state index in [0.717, 1.165) is 25.7 Å². The third kappa shape index (κ3) is 4.07. The molecule has 1 fully saturated rings. The molecule has 1 heterocycles. The highest BCUT2D eigenvalue weighted by Crippen LogP contribution is 2.26. The fourth-order valence-electron chi connectivity index (χ4n) is 2.36. The summed E-state index contributed by atoms with van der Waals surface area (Å²) in [7, 11) is 0. The number of hydrogen-bond donors (Lipinski definition) is 2. The van der Waals surface area contributed by atoms with Crippen LogP contribution in [0.1, 0.15) is 37.0 Å². The lowest BCUT2D eigenvalue weighted by atomic mass is 10.2. The van der Waals surface area contributed by atoms with Crippen molar-refractivity contribution in [3.8, 4) is 0 Å². The SMILES string of the molecule is CCOC(=O)c1ccnc(NCCN(CC)C2CC2)c1N. The van der Waals surface area contributed by atoms with E-state index in [2.05, 4.69) is 22.1 Å². The molecule has 21 heavy (non-hydrogen) atoms. The highest BCUT2D eigenvalue weighted by molar-refractivity contribution is 5.97. The number of anilines is 2. The number of hydrogen-bond acceptors (Lipinski definition) is 6. The van der Waals surface area contributed by atoms with Crippen molar-refractivity contribution < 1.29 is 9.53 Å². The second kappa shape index (κ2) is 7.26. The Morgan fingerprint density at radius 3 is 2.90 bits per heavy atom. The van der Waals surface area contributed by atoms with Gasteiger partial charge in [0.1, 0.15) is 5.82 Å². The lowest BCUT2D eigenvalue weighted by Gasteiger charge is -2.20. The van der Waals surface area contributed by atoms with Gasteiger partial charge in [-0.1, -0.05) is 6.92 Å². The number of carbonyl (C=O) groups excluding carboxylic acids is 1. The van der Waals surface area contributed by atoms with Crippen molar-refractivity contribution in [1.82, 2.24) is 9.88 Å². The van der Waals surface area contributed by atoms with Gasteiger partial charge in [-0.05, 0) is 32.4 Å². The lowest BCUT2D eigenvalue weighted by molar-refractivity contribution is 0.0527. The molecule has 6 heteroatoms. The zero-order valence-corrected chi connectivity index (χ0v) is 12.8. The number of nitrogens with one attached hydrogen (secondary N) is 1. The topological polar surface area (TPSA) is 80.5 Å². The number of carbonyl (C=O) groups is 1. The van der Waals surface area contributed by atoms with Crippen LogP contribution in [0, 0.1) is 0 Å². The van der Waals surface area contributed by atoms with Crippen molar-refractivity contribution in [3.05, 3.63) is 17.8 Å². The minimum absolute atomic E-state index is 0.330. The molecule has 0 amide bonds. The minimum atomic E-state index is -0.409. The molecular formula is C15H24N4O2. The number of esters is 1.